The Bertz CT molecular complexity index is 502. The minimum atomic E-state index is -0.0863. The standard InChI is InChI=1S/C16H26BrN3O/c1-3-12-16(17)14(19(2)18-12)10-20-9-5-7-13(20)11-6-4-8-15(11)21/h11,13,15,21H,3-10H2,1-2H3. The predicted octanol–water partition coefficient (Wildman–Crippen LogP) is 2.87. The molecule has 3 unspecified atom stereocenters. The summed E-state index contributed by atoms with van der Waals surface area (Å²) in [5.41, 5.74) is 2.41. The second kappa shape index (κ2) is 6.39. The van der Waals surface area contributed by atoms with Gasteiger partial charge in [-0.1, -0.05) is 13.3 Å². The lowest BCUT2D eigenvalue weighted by atomic mass is 9.94. The highest BCUT2D eigenvalue weighted by Crippen LogP contribution is 2.37. The van der Waals surface area contributed by atoms with Crippen LogP contribution in [0.1, 0.15) is 50.4 Å². The summed E-state index contributed by atoms with van der Waals surface area (Å²) < 4.78 is 3.19. The van der Waals surface area contributed by atoms with E-state index in [0.29, 0.717) is 12.0 Å². The normalized spacial score (nSPS) is 30.4. The number of halogens is 1. The van der Waals surface area contributed by atoms with Gasteiger partial charge in [0.05, 0.1) is 22.0 Å². The van der Waals surface area contributed by atoms with Gasteiger partial charge in [-0.25, -0.2) is 0 Å². The lowest BCUT2D eigenvalue weighted by Crippen LogP contribution is -2.38. The largest absolute Gasteiger partial charge is 0.393 e. The van der Waals surface area contributed by atoms with E-state index >= 15 is 0 Å². The average Bonchev–Trinajstić information content (AvgIpc) is 3.14. The van der Waals surface area contributed by atoms with Crippen LogP contribution in [0.5, 0.6) is 0 Å². The topological polar surface area (TPSA) is 41.3 Å². The molecule has 0 aromatic carbocycles. The predicted molar refractivity (Wildman–Crippen MR) is 87.1 cm³/mol. The summed E-state index contributed by atoms with van der Waals surface area (Å²) in [4.78, 5) is 2.57. The first-order chi connectivity index (χ1) is 10.1. The molecule has 1 aliphatic heterocycles. The Hall–Kier alpha value is -0.390. The van der Waals surface area contributed by atoms with Crippen molar-refractivity contribution in [3.63, 3.8) is 0 Å². The summed E-state index contributed by atoms with van der Waals surface area (Å²) in [6.45, 7) is 4.23. The lowest BCUT2D eigenvalue weighted by Gasteiger charge is -2.31. The van der Waals surface area contributed by atoms with Gasteiger partial charge in [-0.3, -0.25) is 9.58 Å². The fourth-order valence-electron chi connectivity index (χ4n) is 4.14. The van der Waals surface area contributed by atoms with Crippen molar-refractivity contribution in [1.29, 1.82) is 0 Å². The quantitative estimate of drug-likeness (QED) is 0.902. The highest BCUT2D eigenvalue weighted by atomic mass is 79.9. The minimum absolute atomic E-state index is 0.0863. The van der Waals surface area contributed by atoms with Crippen LogP contribution in [0.4, 0.5) is 0 Å². The molecular formula is C16H26BrN3O. The zero-order chi connectivity index (χ0) is 15.0. The summed E-state index contributed by atoms with van der Waals surface area (Å²) in [5, 5.41) is 14.8. The molecule has 1 N–H and O–H groups in total. The molecule has 1 aromatic heterocycles. The number of rotatable bonds is 4. The Morgan fingerprint density at radius 1 is 1.29 bits per heavy atom. The first-order valence-corrected chi connectivity index (χ1v) is 9.03. The molecular weight excluding hydrogens is 330 g/mol. The fourth-order valence-corrected chi connectivity index (χ4v) is 4.88. The third-order valence-corrected chi connectivity index (χ3v) is 6.21. The van der Waals surface area contributed by atoms with Crippen LogP contribution in [0.15, 0.2) is 4.47 Å². The maximum atomic E-state index is 10.2. The molecule has 3 rings (SSSR count). The van der Waals surface area contributed by atoms with Crippen molar-refractivity contribution in [3.8, 4) is 0 Å². The Labute approximate surface area is 135 Å². The highest BCUT2D eigenvalue weighted by Gasteiger charge is 2.38. The van der Waals surface area contributed by atoms with E-state index < -0.39 is 0 Å². The first kappa shape index (κ1) is 15.5. The van der Waals surface area contributed by atoms with Crippen LogP contribution in [0.3, 0.4) is 0 Å². The molecule has 4 nitrogen and oxygen atoms in total. The third kappa shape index (κ3) is 2.92. The van der Waals surface area contributed by atoms with E-state index in [1.165, 1.54) is 35.8 Å². The smallest absolute Gasteiger partial charge is 0.0767 e. The van der Waals surface area contributed by atoms with E-state index in [4.69, 9.17) is 0 Å². The highest BCUT2D eigenvalue weighted by molar-refractivity contribution is 9.10. The van der Waals surface area contributed by atoms with Crippen LogP contribution in [-0.4, -0.2) is 38.5 Å². The van der Waals surface area contributed by atoms with Crippen molar-refractivity contribution in [2.24, 2.45) is 13.0 Å². The molecule has 1 aromatic rings. The third-order valence-electron chi connectivity index (χ3n) is 5.30. The molecule has 0 bridgehead atoms. The molecule has 2 heterocycles. The van der Waals surface area contributed by atoms with Crippen LogP contribution >= 0.6 is 15.9 Å². The van der Waals surface area contributed by atoms with Crippen LogP contribution in [-0.2, 0) is 20.0 Å². The second-order valence-electron chi connectivity index (χ2n) is 6.53. The Balaban J connectivity index is 1.76. The van der Waals surface area contributed by atoms with E-state index in [1.807, 2.05) is 11.7 Å². The molecule has 0 radical (unpaired) electrons. The van der Waals surface area contributed by atoms with Crippen molar-refractivity contribution < 1.29 is 5.11 Å². The van der Waals surface area contributed by atoms with E-state index in [0.717, 1.165) is 31.6 Å². The van der Waals surface area contributed by atoms with Gasteiger partial charge in [0.15, 0.2) is 0 Å². The van der Waals surface area contributed by atoms with E-state index in [9.17, 15) is 5.11 Å². The van der Waals surface area contributed by atoms with E-state index in [2.05, 4.69) is 32.9 Å². The number of aromatic nitrogens is 2. The van der Waals surface area contributed by atoms with Gasteiger partial charge in [0.25, 0.3) is 0 Å². The summed E-state index contributed by atoms with van der Waals surface area (Å²) in [6.07, 6.45) is 6.73. The number of likely N-dealkylation sites (tertiary alicyclic amines) is 1. The molecule has 2 fully saturated rings. The zero-order valence-corrected chi connectivity index (χ0v) is 14.6. The molecule has 5 heteroatoms. The van der Waals surface area contributed by atoms with Crippen LogP contribution in [0.2, 0.25) is 0 Å². The summed E-state index contributed by atoms with van der Waals surface area (Å²) in [5.74, 6) is 0.477. The van der Waals surface area contributed by atoms with Crippen molar-refractivity contribution in [2.75, 3.05) is 6.54 Å². The number of aliphatic hydroxyl groups is 1. The van der Waals surface area contributed by atoms with Gasteiger partial charge in [-0.2, -0.15) is 5.10 Å². The second-order valence-corrected chi connectivity index (χ2v) is 7.32. The SMILES string of the molecule is CCc1nn(C)c(CN2CCCC2C2CCCC2O)c1Br. The van der Waals surface area contributed by atoms with Crippen LogP contribution in [0.25, 0.3) is 0 Å². The number of aryl methyl sites for hydroxylation is 2. The van der Waals surface area contributed by atoms with Gasteiger partial charge >= 0.3 is 0 Å². The zero-order valence-electron chi connectivity index (χ0n) is 13.1. The number of nitrogens with zero attached hydrogens (tertiary/aromatic N) is 3. The molecule has 21 heavy (non-hydrogen) atoms. The van der Waals surface area contributed by atoms with Crippen molar-refractivity contribution >= 4 is 15.9 Å². The molecule has 2 aliphatic rings. The lowest BCUT2D eigenvalue weighted by molar-refractivity contribution is 0.0709. The number of hydrogen-bond acceptors (Lipinski definition) is 3. The molecule has 3 atom stereocenters. The van der Waals surface area contributed by atoms with Crippen molar-refractivity contribution in [1.82, 2.24) is 14.7 Å². The maximum absolute atomic E-state index is 10.2. The van der Waals surface area contributed by atoms with Gasteiger partial charge in [0.2, 0.25) is 0 Å². The average molecular weight is 356 g/mol. The summed E-state index contributed by atoms with van der Waals surface area (Å²) >= 11 is 3.73. The minimum Gasteiger partial charge on any atom is -0.393 e. The van der Waals surface area contributed by atoms with Gasteiger partial charge in [0.1, 0.15) is 0 Å². The Kier molecular flexibility index (Phi) is 4.71. The molecule has 1 saturated heterocycles. The van der Waals surface area contributed by atoms with Gasteiger partial charge in [-0.05, 0) is 54.6 Å². The molecule has 0 spiro atoms. The number of hydrogen-bond donors (Lipinski definition) is 1. The van der Waals surface area contributed by atoms with Crippen molar-refractivity contribution in [2.45, 2.75) is 64.1 Å². The Morgan fingerprint density at radius 3 is 2.71 bits per heavy atom. The fraction of sp³-hybridized carbons (Fsp3) is 0.812. The van der Waals surface area contributed by atoms with Gasteiger partial charge in [0, 0.05) is 25.6 Å². The maximum Gasteiger partial charge on any atom is 0.0767 e. The van der Waals surface area contributed by atoms with Gasteiger partial charge < -0.3 is 5.11 Å². The van der Waals surface area contributed by atoms with Crippen LogP contribution in [0, 0.1) is 5.92 Å². The summed E-state index contributed by atoms with van der Waals surface area (Å²) in [7, 11) is 2.04. The molecule has 118 valence electrons. The first-order valence-electron chi connectivity index (χ1n) is 8.24. The molecule has 1 aliphatic carbocycles. The van der Waals surface area contributed by atoms with Crippen LogP contribution < -0.4 is 0 Å². The monoisotopic (exact) mass is 355 g/mol. The van der Waals surface area contributed by atoms with Crippen molar-refractivity contribution in [3.05, 3.63) is 15.9 Å². The Morgan fingerprint density at radius 2 is 2.10 bits per heavy atom. The van der Waals surface area contributed by atoms with E-state index in [-0.39, 0.29) is 6.10 Å². The van der Waals surface area contributed by atoms with Gasteiger partial charge in [-0.15, -0.1) is 0 Å². The van der Waals surface area contributed by atoms with E-state index in [1.54, 1.807) is 0 Å². The number of aliphatic hydroxyl groups excluding tert-OH is 1. The molecule has 0 amide bonds. The summed E-state index contributed by atoms with van der Waals surface area (Å²) in [6, 6.07) is 0.550. The molecule has 1 saturated carbocycles.